The first-order valence-electron chi connectivity index (χ1n) is 9.52. The number of methoxy groups -OCH3 is 1. The van der Waals surface area contributed by atoms with Crippen molar-refractivity contribution in [1.82, 2.24) is 19.3 Å². The lowest BCUT2D eigenvalue weighted by molar-refractivity contribution is -0.129. The molecule has 3 aromatic rings. The first kappa shape index (κ1) is 19.4. The lowest BCUT2D eigenvalue weighted by atomic mass is 9.99. The second-order valence-electron chi connectivity index (χ2n) is 7.12. The fourth-order valence-electron chi connectivity index (χ4n) is 3.53. The van der Waals surface area contributed by atoms with Crippen molar-refractivity contribution in [2.24, 2.45) is 0 Å². The van der Waals surface area contributed by atoms with Crippen LogP contribution >= 0.6 is 0 Å². The van der Waals surface area contributed by atoms with E-state index in [9.17, 15) is 4.79 Å². The molecular formula is C23H21N5O2. The standard InChI is InChI=1S/C23H21N5O2/c1-4-5-20(29)27-13-17(14-27)23-26-19(21-22(24)25-8-9-28(21)23)7-6-16-10-15(2)11-18(12-16)30-3/h8-12,17H,13-14H2,1-3H3,(H2,24,25). The molecule has 1 aliphatic rings. The minimum atomic E-state index is -0.163. The molecule has 3 heterocycles. The van der Waals surface area contributed by atoms with E-state index in [0.29, 0.717) is 30.1 Å². The summed E-state index contributed by atoms with van der Waals surface area (Å²) in [4.78, 5) is 22.6. The van der Waals surface area contributed by atoms with Gasteiger partial charge in [-0.1, -0.05) is 11.8 Å². The van der Waals surface area contributed by atoms with Crippen molar-refractivity contribution in [3.05, 3.63) is 53.2 Å². The Labute approximate surface area is 174 Å². The van der Waals surface area contributed by atoms with Crippen molar-refractivity contribution in [2.45, 2.75) is 19.8 Å². The fraction of sp³-hybridized carbons (Fsp3) is 0.261. The van der Waals surface area contributed by atoms with Gasteiger partial charge in [-0.05, 0) is 49.5 Å². The third-order valence-electron chi connectivity index (χ3n) is 4.99. The molecule has 0 radical (unpaired) electrons. The van der Waals surface area contributed by atoms with Gasteiger partial charge in [0, 0.05) is 31.0 Å². The van der Waals surface area contributed by atoms with Gasteiger partial charge in [0.1, 0.15) is 22.8 Å². The number of likely N-dealkylation sites (tertiary alicyclic amines) is 1. The highest BCUT2D eigenvalue weighted by Gasteiger charge is 2.34. The number of hydrogen-bond donors (Lipinski definition) is 1. The number of benzene rings is 1. The first-order chi connectivity index (χ1) is 14.5. The summed E-state index contributed by atoms with van der Waals surface area (Å²) >= 11 is 0. The number of hydrogen-bond acceptors (Lipinski definition) is 5. The van der Waals surface area contributed by atoms with Crippen LogP contribution < -0.4 is 10.5 Å². The number of nitrogens with two attached hydrogens (primary N) is 1. The van der Waals surface area contributed by atoms with Crippen molar-refractivity contribution in [1.29, 1.82) is 0 Å². The summed E-state index contributed by atoms with van der Waals surface area (Å²) in [6.07, 6.45) is 3.46. The third-order valence-corrected chi connectivity index (χ3v) is 4.99. The van der Waals surface area contributed by atoms with Gasteiger partial charge in [0.15, 0.2) is 5.82 Å². The zero-order valence-corrected chi connectivity index (χ0v) is 17.1. The van der Waals surface area contributed by atoms with E-state index in [4.69, 9.17) is 15.5 Å². The smallest absolute Gasteiger partial charge is 0.298 e. The Bertz CT molecular complexity index is 1260. The maximum atomic E-state index is 11.9. The SMILES string of the molecule is CC#CC(=O)N1CC(c2nc(C#Cc3cc(C)cc(OC)c3)c3c(N)nccn23)C1. The molecular weight excluding hydrogens is 378 g/mol. The number of rotatable bonds is 2. The molecule has 1 saturated heterocycles. The van der Waals surface area contributed by atoms with E-state index >= 15 is 0 Å². The minimum Gasteiger partial charge on any atom is -0.497 e. The van der Waals surface area contributed by atoms with Crippen LogP contribution in [0, 0.1) is 30.6 Å². The monoisotopic (exact) mass is 399 g/mol. The number of carbonyl (C=O) groups is 1. The van der Waals surface area contributed by atoms with Crippen molar-refractivity contribution >= 4 is 17.2 Å². The highest BCUT2D eigenvalue weighted by molar-refractivity contribution is 5.94. The summed E-state index contributed by atoms with van der Waals surface area (Å²) in [5.74, 6) is 13.4. The van der Waals surface area contributed by atoms with E-state index in [1.807, 2.05) is 35.7 Å². The molecule has 0 saturated carbocycles. The number of nitrogen functional groups attached to an aromatic ring is 1. The lowest BCUT2D eigenvalue weighted by Gasteiger charge is -2.37. The van der Waals surface area contributed by atoms with Gasteiger partial charge in [-0.25, -0.2) is 9.97 Å². The number of nitrogens with zero attached hydrogens (tertiary/aromatic N) is 4. The average Bonchev–Trinajstić information content (AvgIpc) is 3.05. The molecule has 0 spiro atoms. The molecule has 1 amide bonds. The van der Waals surface area contributed by atoms with E-state index in [0.717, 1.165) is 22.7 Å². The van der Waals surface area contributed by atoms with Crippen LogP contribution in [0.2, 0.25) is 0 Å². The molecule has 2 aromatic heterocycles. The maximum Gasteiger partial charge on any atom is 0.298 e. The summed E-state index contributed by atoms with van der Waals surface area (Å²) in [7, 11) is 1.63. The van der Waals surface area contributed by atoms with Crippen LogP contribution in [0.25, 0.3) is 5.52 Å². The molecule has 0 atom stereocenters. The van der Waals surface area contributed by atoms with E-state index in [1.54, 1.807) is 25.1 Å². The van der Waals surface area contributed by atoms with Crippen LogP contribution in [0.4, 0.5) is 5.82 Å². The molecule has 0 unspecified atom stereocenters. The maximum absolute atomic E-state index is 11.9. The number of imidazole rings is 1. The highest BCUT2D eigenvalue weighted by atomic mass is 16.5. The molecule has 0 aliphatic carbocycles. The molecule has 7 nitrogen and oxygen atoms in total. The quantitative estimate of drug-likeness (QED) is 0.666. The molecule has 150 valence electrons. The highest BCUT2D eigenvalue weighted by Crippen LogP contribution is 2.29. The van der Waals surface area contributed by atoms with Crippen LogP contribution in [0.5, 0.6) is 5.75 Å². The summed E-state index contributed by atoms with van der Waals surface area (Å²) in [5.41, 5.74) is 9.27. The molecule has 4 rings (SSSR count). The summed E-state index contributed by atoms with van der Waals surface area (Å²) < 4.78 is 7.24. The van der Waals surface area contributed by atoms with Crippen LogP contribution in [0.1, 0.15) is 35.5 Å². The van der Waals surface area contributed by atoms with E-state index < -0.39 is 0 Å². The van der Waals surface area contributed by atoms with E-state index in [1.165, 1.54) is 0 Å². The van der Waals surface area contributed by atoms with Crippen molar-refractivity contribution in [3.8, 4) is 29.4 Å². The van der Waals surface area contributed by atoms with Gasteiger partial charge >= 0.3 is 0 Å². The average molecular weight is 399 g/mol. The summed E-state index contributed by atoms with van der Waals surface area (Å²) in [6, 6.07) is 5.81. The van der Waals surface area contributed by atoms with Gasteiger partial charge in [-0.15, -0.1) is 0 Å². The molecule has 30 heavy (non-hydrogen) atoms. The molecule has 0 bridgehead atoms. The van der Waals surface area contributed by atoms with Gasteiger partial charge in [-0.2, -0.15) is 0 Å². The second-order valence-corrected chi connectivity index (χ2v) is 7.12. The number of carbonyl (C=O) groups excluding carboxylic acids is 1. The molecule has 1 aliphatic heterocycles. The number of ether oxygens (including phenoxy) is 1. The number of anilines is 1. The van der Waals surface area contributed by atoms with Crippen molar-refractivity contribution in [2.75, 3.05) is 25.9 Å². The number of amides is 1. The lowest BCUT2D eigenvalue weighted by Crippen LogP contribution is -2.48. The minimum absolute atomic E-state index is 0.0940. The molecule has 1 fully saturated rings. The molecule has 7 heteroatoms. The first-order valence-corrected chi connectivity index (χ1v) is 9.52. The van der Waals surface area contributed by atoms with Crippen LogP contribution in [0.15, 0.2) is 30.6 Å². The predicted octanol–water partition coefficient (Wildman–Crippen LogP) is 1.98. The van der Waals surface area contributed by atoms with Crippen molar-refractivity contribution in [3.63, 3.8) is 0 Å². The van der Waals surface area contributed by atoms with Crippen molar-refractivity contribution < 1.29 is 9.53 Å². The van der Waals surface area contributed by atoms with E-state index in [2.05, 4.69) is 28.7 Å². The van der Waals surface area contributed by atoms with Crippen LogP contribution in [-0.4, -0.2) is 45.4 Å². The Morgan fingerprint density at radius 1 is 1.27 bits per heavy atom. The normalized spacial score (nSPS) is 13.1. The largest absolute Gasteiger partial charge is 0.497 e. The fourth-order valence-corrected chi connectivity index (χ4v) is 3.53. The zero-order valence-electron chi connectivity index (χ0n) is 17.1. The van der Waals surface area contributed by atoms with Gasteiger partial charge in [0.05, 0.1) is 13.0 Å². The van der Waals surface area contributed by atoms with Gasteiger partial charge < -0.3 is 15.4 Å². The Balaban J connectivity index is 1.70. The van der Waals surface area contributed by atoms with Gasteiger partial charge in [0.25, 0.3) is 5.91 Å². The summed E-state index contributed by atoms with van der Waals surface area (Å²) in [5, 5.41) is 0. The number of fused-ring (bicyclic) bond motifs is 1. The van der Waals surface area contributed by atoms with Gasteiger partial charge in [-0.3, -0.25) is 9.20 Å². The Morgan fingerprint density at radius 2 is 2.07 bits per heavy atom. The predicted molar refractivity (Wildman–Crippen MR) is 114 cm³/mol. The number of aromatic nitrogens is 3. The molecule has 1 aromatic carbocycles. The Kier molecular flexibility index (Phi) is 5.04. The summed E-state index contributed by atoms with van der Waals surface area (Å²) in [6.45, 7) is 4.78. The van der Waals surface area contributed by atoms with Gasteiger partial charge in [0.2, 0.25) is 0 Å². The zero-order chi connectivity index (χ0) is 21.3. The topological polar surface area (TPSA) is 85.8 Å². The third kappa shape index (κ3) is 3.54. The van der Waals surface area contributed by atoms with Crippen LogP contribution in [0.3, 0.4) is 0 Å². The second kappa shape index (κ2) is 7.81. The molecule has 2 N–H and O–H groups in total. The van der Waals surface area contributed by atoms with E-state index in [-0.39, 0.29) is 11.8 Å². The van der Waals surface area contributed by atoms with Crippen LogP contribution in [-0.2, 0) is 4.79 Å². The Morgan fingerprint density at radius 3 is 2.80 bits per heavy atom. The Hall–Kier alpha value is -3.97. The number of aryl methyl sites for hydroxylation is 1.